The van der Waals surface area contributed by atoms with Crippen LogP contribution in [0.15, 0.2) is 42.5 Å². The molecule has 0 saturated carbocycles. The summed E-state index contributed by atoms with van der Waals surface area (Å²) < 4.78 is 4.85. The Morgan fingerprint density at radius 1 is 1.08 bits per heavy atom. The Morgan fingerprint density at radius 2 is 1.84 bits per heavy atom. The van der Waals surface area contributed by atoms with Crippen LogP contribution in [0.5, 0.6) is 0 Å². The molecule has 0 fully saturated rings. The van der Waals surface area contributed by atoms with Crippen molar-refractivity contribution in [2.45, 2.75) is 84.5 Å². The number of amides is 4. The summed E-state index contributed by atoms with van der Waals surface area (Å²) in [6.07, 6.45) is 3.16. The highest BCUT2D eigenvalue weighted by atomic mass is 16.5. The lowest BCUT2D eigenvalue weighted by molar-refractivity contribution is -0.144. The average Bonchev–Trinajstić information content (AvgIpc) is 3.45. The van der Waals surface area contributed by atoms with Gasteiger partial charge in [0.2, 0.25) is 17.7 Å². The van der Waals surface area contributed by atoms with Gasteiger partial charge >= 0.3 is 5.97 Å². The van der Waals surface area contributed by atoms with E-state index in [2.05, 4.69) is 25.9 Å². The number of benzene rings is 2. The summed E-state index contributed by atoms with van der Waals surface area (Å²) in [6.45, 7) is 6.89. The molecule has 2 heterocycles. The number of hydrogen-bond donors (Lipinski definition) is 4. The Balaban J connectivity index is 1.43. The molecule has 4 amide bonds. The van der Waals surface area contributed by atoms with Crippen molar-refractivity contribution in [3.8, 4) is 0 Å². The molecular weight excluding hydrogens is 626 g/mol. The van der Waals surface area contributed by atoms with Gasteiger partial charge in [0.15, 0.2) is 0 Å². The summed E-state index contributed by atoms with van der Waals surface area (Å²) >= 11 is 0. The first-order valence-corrected chi connectivity index (χ1v) is 17.1. The number of aromatic nitrogens is 2. The molecule has 2 aromatic carbocycles. The highest BCUT2D eigenvalue weighted by Gasteiger charge is 2.32. The van der Waals surface area contributed by atoms with Crippen LogP contribution < -0.4 is 16.0 Å². The summed E-state index contributed by atoms with van der Waals surface area (Å²) in [7, 11) is 2.98. The summed E-state index contributed by atoms with van der Waals surface area (Å²) in [4.78, 5) is 76.0. The van der Waals surface area contributed by atoms with Crippen molar-refractivity contribution in [2.75, 3.05) is 32.6 Å². The minimum absolute atomic E-state index is 0.132. The SMILES string of the molecule is CCC[C@H](NC(=O)[C@@H](C)CCC)C(=O)NCCCN1Cc2cc(C(=O)N(C)Cc3nc4ccccc4[nH]3)ccc2N[C@@H](CC(=O)OC)C1=O. The number of carbonyl (C=O) groups is 5. The van der Waals surface area contributed by atoms with Crippen molar-refractivity contribution in [2.24, 2.45) is 5.92 Å². The number of hydrogen-bond acceptors (Lipinski definition) is 8. The van der Waals surface area contributed by atoms with Crippen molar-refractivity contribution in [3.63, 3.8) is 0 Å². The second kappa shape index (κ2) is 17.5. The van der Waals surface area contributed by atoms with Crippen LogP contribution in [0.4, 0.5) is 5.69 Å². The molecule has 13 heteroatoms. The zero-order valence-electron chi connectivity index (χ0n) is 29.1. The lowest BCUT2D eigenvalue weighted by atomic mass is 10.0. The molecular formula is C36H49N7O6. The highest BCUT2D eigenvalue weighted by molar-refractivity contribution is 5.96. The van der Waals surface area contributed by atoms with E-state index in [-0.39, 0.29) is 55.6 Å². The summed E-state index contributed by atoms with van der Waals surface area (Å²) in [6, 6.07) is 11.4. The first-order valence-electron chi connectivity index (χ1n) is 17.1. The van der Waals surface area contributed by atoms with Crippen molar-refractivity contribution in [1.82, 2.24) is 30.4 Å². The molecule has 4 rings (SSSR count). The molecule has 3 atom stereocenters. The van der Waals surface area contributed by atoms with Gasteiger partial charge in [-0.3, -0.25) is 24.0 Å². The molecule has 49 heavy (non-hydrogen) atoms. The van der Waals surface area contributed by atoms with E-state index in [0.29, 0.717) is 36.5 Å². The maximum absolute atomic E-state index is 13.7. The molecule has 0 bridgehead atoms. The zero-order valence-corrected chi connectivity index (χ0v) is 29.1. The van der Waals surface area contributed by atoms with Crippen LogP contribution in [0.25, 0.3) is 11.0 Å². The topological polar surface area (TPSA) is 166 Å². The molecule has 0 saturated heterocycles. The summed E-state index contributed by atoms with van der Waals surface area (Å²) in [5.74, 6) is -0.928. The van der Waals surface area contributed by atoms with Crippen molar-refractivity contribution >= 4 is 46.3 Å². The number of nitrogens with zero attached hydrogens (tertiary/aromatic N) is 3. The zero-order chi connectivity index (χ0) is 35.5. The Morgan fingerprint density at radius 3 is 2.55 bits per heavy atom. The maximum atomic E-state index is 13.7. The summed E-state index contributed by atoms with van der Waals surface area (Å²) in [5, 5.41) is 8.98. The van der Waals surface area contributed by atoms with Crippen molar-refractivity contribution < 1.29 is 28.7 Å². The molecule has 264 valence electrons. The number of anilines is 1. The molecule has 0 aliphatic carbocycles. The van der Waals surface area contributed by atoms with Gasteiger partial charge < -0.3 is 35.5 Å². The van der Waals surface area contributed by atoms with Gasteiger partial charge in [-0.15, -0.1) is 0 Å². The fraction of sp³-hybridized carbons (Fsp3) is 0.500. The molecule has 0 spiro atoms. The number of ether oxygens (including phenoxy) is 1. The van der Waals surface area contributed by atoms with E-state index in [9.17, 15) is 24.0 Å². The van der Waals surface area contributed by atoms with Crippen molar-refractivity contribution in [1.29, 1.82) is 0 Å². The fourth-order valence-electron chi connectivity index (χ4n) is 5.97. The quantitative estimate of drug-likeness (QED) is 0.132. The van der Waals surface area contributed by atoms with Gasteiger partial charge in [0.05, 0.1) is 31.1 Å². The van der Waals surface area contributed by atoms with E-state index < -0.39 is 18.1 Å². The molecule has 3 aromatic rings. The number of nitrogens with one attached hydrogen (secondary N) is 4. The monoisotopic (exact) mass is 675 g/mol. The molecule has 13 nitrogen and oxygen atoms in total. The number of carbonyl (C=O) groups excluding carboxylic acids is 5. The number of imidazole rings is 1. The third-order valence-corrected chi connectivity index (χ3v) is 8.71. The fourth-order valence-corrected chi connectivity index (χ4v) is 5.97. The van der Waals surface area contributed by atoms with Gasteiger partial charge in [-0.25, -0.2) is 4.98 Å². The predicted molar refractivity (Wildman–Crippen MR) is 186 cm³/mol. The third-order valence-electron chi connectivity index (χ3n) is 8.71. The number of esters is 1. The van der Waals surface area contributed by atoms with E-state index in [0.717, 1.165) is 35.9 Å². The first kappa shape index (κ1) is 36.9. The standard InChI is InChI=1S/C36H49N7O6/c1-6-11-23(3)33(45)41-29(12-7-2)34(46)37-17-10-18-43-21-25-19-24(15-16-26(25)38-30(36(43)48)20-32(44)49-5)35(47)42(4)22-31-39-27-13-8-9-14-28(27)40-31/h8-9,13-16,19,23,29-30,38H,6-7,10-12,17-18,20-22H2,1-5H3,(H,37,46)(H,39,40)(H,41,45)/t23-,29-,30-/m0/s1. The van der Waals surface area contributed by atoms with E-state index >= 15 is 0 Å². The van der Waals surface area contributed by atoms with Crippen LogP contribution >= 0.6 is 0 Å². The van der Waals surface area contributed by atoms with Gasteiger partial charge in [-0.2, -0.15) is 0 Å². The first-order chi connectivity index (χ1) is 23.5. The number of para-hydroxylation sites is 2. The van der Waals surface area contributed by atoms with Crippen LogP contribution in [0.2, 0.25) is 0 Å². The Bertz CT molecular complexity index is 1610. The minimum atomic E-state index is -0.866. The lowest BCUT2D eigenvalue weighted by Crippen LogP contribution is -2.48. The normalized spacial score (nSPS) is 15.4. The van der Waals surface area contributed by atoms with E-state index in [1.165, 1.54) is 7.11 Å². The van der Waals surface area contributed by atoms with Crippen LogP contribution in [-0.2, 0) is 37.0 Å². The number of aromatic amines is 1. The van der Waals surface area contributed by atoms with E-state index in [4.69, 9.17) is 4.74 Å². The number of methoxy groups -OCH3 is 1. The molecule has 1 aromatic heterocycles. The Kier molecular flexibility index (Phi) is 13.1. The van der Waals surface area contributed by atoms with Gasteiger partial charge in [0.1, 0.15) is 17.9 Å². The molecule has 1 aliphatic heterocycles. The van der Waals surface area contributed by atoms with Gasteiger partial charge in [0, 0.05) is 43.9 Å². The lowest BCUT2D eigenvalue weighted by Gasteiger charge is -2.25. The second-order valence-electron chi connectivity index (χ2n) is 12.7. The number of fused-ring (bicyclic) bond motifs is 2. The van der Waals surface area contributed by atoms with Crippen LogP contribution in [0, 0.1) is 5.92 Å². The minimum Gasteiger partial charge on any atom is -0.469 e. The Hall–Kier alpha value is -4.94. The third kappa shape index (κ3) is 9.80. The van der Waals surface area contributed by atoms with Crippen LogP contribution in [0.1, 0.15) is 81.0 Å². The summed E-state index contributed by atoms with van der Waals surface area (Å²) in [5.41, 5.74) is 3.53. The Labute approximate surface area is 287 Å². The van der Waals surface area contributed by atoms with Crippen LogP contribution in [-0.4, -0.2) is 88.7 Å². The van der Waals surface area contributed by atoms with E-state index in [1.54, 1.807) is 35.0 Å². The second-order valence-corrected chi connectivity index (χ2v) is 12.7. The molecule has 0 radical (unpaired) electrons. The average molecular weight is 676 g/mol. The number of H-pyrrole nitrogens is 1. The molecule has 4 N–H and O–H groups in total. The van der Waals surface area contributed by atoms with Gasteiger partial charge in [-0.1, -0.05) is 45.7 Å². The highest BCUT2D eigenvalue weighted by Crippen LogP contribution is 2.26. The van der Waals surface area contributed by atoms with Crippen molar-refractivity contribution in [3.05, 3.63) is 59.4 Å². The largest absolute Gasteiger partial charge is 0.469 e. The van der Waals surface area contributed by atoms with Gasteiger partial charge in [0.25, 0.3) is 5.91 Å². The molecule has 1 aliphatic rings. The molecule has 0 unspecified atom stereocenters. The maximum Gasteiger partial charge on any atom is 0.308 e. The predicted octanol–water partition coefficient (Wildman–Crippen LogP) is 3.75. The van der Waals surface area contributed by atoms with Gasteiger partial charge in [-0.05, 0) is 55.2 Å². The smallest absolute Gasteiger partial charge is 0.308 e. The van der Waals surface area contributed by atoms with Crippen LogP contribution in [0.3, 0.4) is 0 Å². The van der Waals surface area contributed by atoms with E-state index in [1.807, 2.05) is 45.0 Å². The number of rotatable bonds is 16.